The maximum atomic E-state index is 5.42. The van der Waals surface area contributed by atoms with Gasteiger partial charge >= 0.3 is 0 Å². The van der Waals surface area contributed by atoms with Crippen molar-refractivity contribution < 1.29 is 0 Å². The molecule has 0 unspecified atom stereocenters. The van der Waals surface area contributed by atoms with Crippen molar-refractivity contribution in [2.45, 2.75) is 6.92 Å². The second-order valence-corrected chi connectivity index (χ2v) is 6.10. The van der Waals surface area contributed by atoms with Crippen molar-refractivity contribution in [1.29, 1.82) is 0 Å². The van der Waals surface area contributed by atoms with Gasteiger partial charge in [-0.2, -0.15) is 0 Å². The Kier molecular flexibility index (Phi) is 6.62. The van der Waals surface area contributed by atoms with Gasteiger partial charge in [0.1, 0.15) is 0 Å². The lowest BCUT2D eigenvalue weighted by molar-refractivity contribution is 0.197. The first kappa shape index (κ1) is 16.7. The van der Waals surface area contributed by atoms with Crippen LogP contribution in [0.15, 0.2) is 48.6 Å². The lowest BCUT2D eigenvalue weighted by atomic mass is 10.2. The Balaban J connectivity index is 1.70. The molecular formula is C18H25N3S. The van der Waals surface area contributed by atoms with E-state index in [0.717, 1.165) is 50.0 Å². The summed E-state index contributed by atoms with van der Waals surface area (Å²) in [6.45, 7) is 11.7. The fourth-order valence-electron chi connectivity index (χ4n) is 2.37. The maximum Gasteiger partial charge on any atom is 0.169 e. The molecule has 0 aromatic heterocycles. The highest BCUT2D eigenvalue weighted by Gasteiger charge is 2.17. The molecule has 1 fully saturated rings. The van der Waals surface area contributed by atoms with Crippen LogP contribution in [0.1, 0.15) is 12.5 Å². The van der Waals surface area contributed by atoms with E-state index in [1.165, 1.54) is 5.56 Å². The molecule has 1 N–H and O–H groups in total. The molecule has 1 aliphatic rings. The molecule has 2 rings (SSSR count). The number of rotatable bonds is 5. The van der Waals surface area contributed by atoms with Gasteiger partial charge in [0, 0.05) is 39.3 Å². The van der Waals surface area contributed by atoms with Crippen LogP contribution >= 0.6 is 12.2 Å². The van der Waals surface area contributed by atoms with Gasteiger partial charge in [0.15, 0.2) is 5.11 Å². The van der Waals surface area contributed by atoms with Crippen LogP contribution in [0, 0.1) is 0 Å². The van der Waals surface area contributed by atoms with E-state index in [1.54, 1.807) is 0 Å². The second-order valence-electron chi connectivity index (χ2n) is 5.72. The van der Waals surface area contributed by atoms with E-state index in [1.807, 2.05) is 13.0 Å². The SMILES string of the molecule is C=C(C)CNC(=S)N1CCN(C/C=C/c2ccccc2)CC1. The number of nitrogens with one attached hydrogen (secondary N) is 1. The number of benzene rings is 1. The van der Waals surface area contributed by atoms with E-state index in [4.69, 9.17) is 12.2 Å². The van der Waals surface area contributed by atoms with Gasteiger partial charge in [-0.3, -0.25) is 4.90 Å². The summed E-state index contributed by atoms with van der Waals surface area (Å²) in [5, 5.41) is 4.11. The van der Waals surface area contributed by atoms with Crippen molar-refractivity contribution in [3.63, 3.8) is 0 Å². The molecule has 4 heteroatoms. The molecule has 1 aromatic rings. The molecule has 0 bridgehead atoms. The first-order chi connectivity index (χ1) is 10.6. The van der Waals surface area contributed by atoms with Gasteiger partial charge in [-0.05, 0) is 24.7 Å². The van der Waals surface area contributed by atoms with Crippen molar-refractivity contribution in [3.8, 4) is 0 Å². The highest BCUT2D eigenvalue weighted by atomic mass is 32.1. The predicted octanol–water partition coefficient (Wildman–Crippen LogP) is 2.77. The number of piperazine rings is 1. The maximum absolute atomic E-state index is 5.42. The van der Waals surface area contributed by atoms with Crippen molar-refractivity contribution in [3.05, 3.63) is 54.1 Å². The van der Waals surface area contributed by atoms with Gasteiger partial charge in [-0.25, -0.2) is 0 Å². The minimum absolute atomic E-state index is 0.763. The van der Waals surface area contributed by atoms with Gasteiger partial charge in [0.05, 0.1) is 0 Å². The van der Waals surface area contributed by atoms with E-state index in [2.05, 4.69) is 58.1 Å². The highest BCUT2D eigenvalue weighted by molar-refractivity contribution is 7.80. The zero-order valence-electron chi connectivity index (χ0n) is 13.3. The molecule has 118 valence electrons. The van der Waals surface area contributed by atoms with Crippen LogP contribution in [-0.2, 0) is 0 Å². The van der Waals surface area contributed by atoms with Crippen molar-refractivity contribution in [2.75, 3.05) is 39.3 Å². The summed E-state index contributed by atoms with van der Waals surface area (Å²) in [6.07, 6.45) is 4.42. The molecule has 3 nitrogen and oxygen atoms in total. The molecular weight excluding hydrogens is 290 g/mol. The molecule has 0 spiro atoms. The molecule has 22 heavy (non-hydrogen) atoms. The summed E-state index contributed by atoms with van der Waals surface area (Å²) < 4.78 is 0. The molecule has 0 saturated carbocycles. The lowest BCUT2D eigenvalue weighted by Gasteiger charge is -2.35. The van der Waals surface area contributed by atoms with E-state index >= 15 is 0 Å². The highest BCUT2D eigenvalue weighted by Crippen LogP contribution is 2.05. The topological polar surface area (TPSA) is 18.5 Å². The van der Waals surface area contributed by atoms with Crippen LogP contribution in [0.2, 0.25) is 0 Å². The number of hydrogen-bond donors (Lipinski definition) is 1. The predicted molar refractivity (Wildman–Crippen MR) is 98.9 cm³/mol. The Morgan fingerprint density at radius 3 is 2.55 bits per heavy atom. The molecule has 0 radical (unpaired) electrons. The van der Waals surface area contributed by atoms with Gasteiger partial charge in [0.2, 0.25) is 0 Å². The van der Waals surface area contributed by atoms with E-state index < -0.39 is 0 Å². The monoisotopic (exact) mass is 315 g/mol. The normalized spacial score (nSPS) is 16.0. The third-order valence-corrected chi connectivity index (χ3v) is 4.08. The standard InChI is InChI=1S/C18H25N3S/c1-16(2)15-19-18(22)21-13-11-20(12-14-21)10-6-9-17-7-4-3-5-8-17/h3-9H,1,10-15H2,2H3,(H,19,22)/b9-6+. The Labute approximate surface area is 139 Å². The molecule has 0 aliphatic carbocycles. The third-order valence-electron chi connectivity index (χ3n) is 3.67. The molecule has 1 aliphatic heterocycles. The average Bonchev–Trinajstić information content (AvgIpc) is 2.54. The summed E-state index contributed by atoms with van der Waals surface area (Å²) in [4.78, 5) is 4.70. The van der Waals surface area contributed by atoms with Crippen LogP contribution in [0.25, 0.3) is 6.08 Å². The number of thiocarbonyl (C=S) groups is 1. The Morgan fingerprint density at radius 1 is 1.23 bits per heavy atom. The minimum atomic E-state index is 0.763. The molecule has 1 aromatic carbocycles. The summed E-state index contributed by atoms with van der Waals surface area (Å²) in [5.41, 5.74) is 2.36. The summed E-state index contributed by atoms with van der Waals surface area (Å²) >= 11 is 5.42. The van der Waals surface area contributed by atoms with Crippen LogP contribution in [-0.4, -0.2) is 54.2 Å². The first-order valence-corrected chi connectivity index (χ1v) is 8.17. The minimum Gasteiger partial charge on any atom is -0.359 e. The van der Waals surface area contributed by atoms with Gasteiger partial charge in [-0.1, -0.05) is 54.6 Å². The first-order valence-electron chi connectivity index (χ1n) is 7.76. The zero-order valence-corrected chi connectivity index (χ0v) is 14.1. The van der Waals surface area contributed by atoms with Crippen molar-refractivity contribution in [1.82, 2.24) is 15.1 Å². The van der Waals surface area contributed by atoms with Crippen LogP contribution in [0.5, 0.6) is 0 Å². The van der Waals surface area contributed by atoms with Gasteiger partial charge in [-0.15, -0.1) is 0 Å². The third kappa shape index (κ3) is 5.62. The second kappa shape index (κ2) is 8.71. The van der Waals surface area contributed by atoms with Crippen LogP contribution in [0.4, 0.5) is 0 Å². The summed E-state index contributed by atoms with van der Waals surface area (Å²) in [5.74, 6) is 0. The quantitative estimate of drug-likeness (QED) is 0.665. The van der Waals surface area contributed by atoms with E-state index in [9.17, 15) is 0 Å². The number of hydrogen-bond acceptors (Lipinski definition) is 2. The molecule has 0 amide bonds. The van der Waals surface area contributed by atoms with Gasteiger partial charge < -0.3 is 10.2 Å². The largest absolute Gasteiger partial charge is 0.359 e. The molecule has 0 atom stereocenters. The van der Waals surface area contributed by atoms with Crippen molar-refractivity contribution >= 4 is 23.4 Å². The Bertz CT molecular complexity index is 516. The average molecular weight is 315 g/mol. The van der Waals surface area contributed by atoms with Crippen LogP contribution < -0.4 is 5.32 Å². The number of nitrogens with zero attached hydrogens (tertiary/aromatic N) is 2. The van der Waals surface area contributed by atoms with Crippen molar-refractivity contribution in [2.24, 2.45) is 0 Å². The Morgan fingerprint density at radius 2 is 1.91 bits per heavy atom. The molecule has 1 saturated heterocycles. The van der Waals surface area contributed by atoms with E-state index in [-0.39, 0.29) is 0 Å². The smallest absolute Gasteiger partial charge is 0.169 e. The van der Waals surface area contributed by atoms with Gasteiger partial charge in [0.25, 0.3) is 0 Å². The Hall–Kier alpha value is -1.65. The van der Waals surface area contributed by atoms with Crippen LogP contribution in [0.3, 0.4) is 0 Å². The zero-order chi connectivity index (χ0) is 15.8. The lowest BCUT2D eigenvalue weighted by Crippen LogP contribution is -2.51. The summed E-state index contributed by atoms with van der Waals surface area (Å²) in [7, 11) is 0. The fourth-order valence-corrected chi connectivity index (χ4v) is 2.63. The summed E-state index contributed by atoms with van der Waals surface area (Å²) in [6, 6.07) is 10.4. The van der Waals surface area contributed by atoms with E-state index in [0.29, 0.717) is 0 Å². The fraction of sp³-hybridized carbons (Fsp3) is 0.389. The molecule has 1 heterocycles.